The van der Waals surface area contributed by atoms with Gasteiger partial charge in [-0.3, -0.25) is 0 Å². The normalized spacial score (nSPS) is 21.1. The number of carboxylic acids is 1. The maximum atomic E-state index is 11.7. The fourth-order valence-electron chi connectivity index (χ4n) is 2.50. The van der Waals surface area contributed by atoms with Crippen molar-refractivity contribution in [1.82, 2.24) is 0 Å². The van der Waals surface area contributed by atoms with Gasteiger partial charge < -0.3 is 20.4 Å². The van der Waals surface area contributed by atoms with Gasteiger partial charge in [-0.1, -0.05) is 41.5 Å². The van der Waals surface area contributed by atoms with Crippen LogP contribution < -0.4 is 5.73 Å². The molecule has 0 aromatic heterocycles. The largest absolute Gasteiger partial charge is 0.479 e. The molecule has 4 unspecified atom stereocenters. The summed E-state index contributed by atoms with van der Waals surface area (Å²) in [4.78, 5) is 11.7. The predicted octanol–water partition coefficient (Wildman–Crippen LogP) is 0.523. The summed E-state index contributed by atoms with van der Waals surface area (Å²) in [6, 6.07) is -0.799. The van der Waals surface area contributed by atoms with Gasteiger partial charge in [-0.2, -0.15) is 0 Å². The van der Waals surface area contributed by atoms with Crippen LogP contribution in [0.25, 0.3) is 0 Å². The van der Waals surface area contributed by atoms with E-state index >= 15 is 0 Å². The molecule has 0 heterocycles. The van der Waals surface area contributed by atoms with Crippen LogP contribution in [0.2, 0.25) is 0 Å². The zero-order valence-electron chi connectivity index (χ0n) is 14.0. The first-order valence-corrected chi connectivity index (χ1v) is 7.80. The second-order valence-corrected chi connectivity index (χ2v) is 7.67. The molecule has 0 amide bonds. The average Bonchev–Trinajstić information content (AvgIpc) is 2.26. The number of hydrogen-bond donors (Lipinski definition) is 3. The van der Waals surface area contributed by atoms with E-state index in [1.165, 1.54) is 6.92 Å². The third kappa shape index (κ3) is 3.08. The Balaban J connectivity index is 5.72. The highest BCUT2D eigenvalue weighted by molar-refractivity contribution is 6.00. The molecule has 5 nitrogen and oxygen atoms in total. The zero-order chi connectivity index (χ0) is 16.5. The Morgan fingerprint density at radius 2 is 1.60 bits per heavy atom. The van der Waals surface area contributed by atoms with E-state index in [-0.39, 0.29) is 27.2 Å². The average molecular weight is 305 g/mol. The number of carboxylic acid groups (broad SMARTS) is 1. The monoisotopic (exact) mass is 305 g/mol. The van der Waals surface area contributed by atoms with Crippen molar-refractivity contribution in [2.75, 3.05) is 0 Å². The van der Waals surface area contributed by atoms with Crippen molar-refractivity contribution in [2.24, 2.45) is 22.5 Å². The van der Waals surface area contributed by atoms with E-state index < -0.39 is 23.7 Å². The number of hydrogen-bond acceptors (Lipinski definition) is 4. The van der Waals surface area contributed by atoms with Crippen molar-refractivity contribution in [3.63, 3.8) is 0 Å². The van der Waals surface area contributed by atoms with Gasteiger partial charge in [-0.15, -0.1) is 0 Å². The summed E-state index contributed by atoms with van der Waals surface area (Å²) >= 11 is 0. The standard InChI is InChI=1S/C14H31NO4Si/c1-8(13(6,7)12(3,4)5)10(15)14(19-20,9(2)16)11(17)18/h8-10,16H,15H2,1-7,20H3,(H,17,18). The van der Waals surface area contributed by atoms with Gasteiger partial charge in [0.05, 0.1) is 6.10 Å². The molecule has 0 saturated heterocycles. The van der Waals surface area contributed by atoms with E-state index in [9.17, 15) is 15.0 Å². The van der Waals surface area contributed by atoms with Crippen LogP contribution in [0.15, 0.2) is 0 Å². The van der Waals surface area contributed by atoms with E-state index in [0.29, 0.717) is 0 Å². The van der Waals surface area contributed by atoms with Crippen molar-refractivity contribution < 1.29 is 19.4 Å². The second-order valence-electron chi connectivity index (χ2n) is 7.26. The molecular formula is C14H31NO4Si. The number of carbonyl (C=O) groups is 1. The van der Waals surface area contributed by atoms with E-state index in [0.717, 1.165) is 0 Å². The van der Waals surface area contributed by atoms with E-state index in [2.05, 4.69) is 34.6 Å². The lowest BCUT2D eigenvalue weighted by atomic mass is 9.59. The third-order valence-corrected chi connectivity index (χ3v) is 6.07. The molecule has 0 aromatic rings. The minimum Gasteiger partial charge on any atom is -0.479 e. The molecule has 20 heavy (non-hydrogen) atoms. The molecule has 0 fully saturated rings. The van der Waals surface area contributed by atoms with Gasteiger partial charge >= 0.3 is 5.97 Å². The molecule has 0 radical (unpaired) electrons. The molecular weight excluding hydrogens is 274 g/mol. The number of aliphatic carboxylic acids is 1. The van der Waals surface area contributed by atoms with Gasteiger partial charge in [0.25, 0.3) is 0 Å². The highest BCUT2D eigenvalue weighted by atomic mass is 28.2. The first kappa shape index (κ1) is 19.6. The van der Waals surface area contributed by atoms with Crippen molar-refractivity contribution in [1.29, 1.82) is 0 Å². The number of aliphatic hydroxyl groups is 1. The maximum absolute atomic E-state index is 11.7. The van der Waals surface area contributed by atoms with Gasteiger partial charge in [-0.25, -0.2) is 4.79 Å². The molecule has 0 spiro atoms. The summed E-state index contributed by atoms with van der Waals surface area (Å²) in [6.45, 7) is 13.8. The molecule has 0 aromatic carbocycles. The molecule has 4 atom stereocenters. The van der Waals surface area contributed by atoms with Crippen molar-refractivity contribution in [3.05, 3.63) is 0 Å². The highest BCUT2D eigenvalue weighted by Crippen LogP contribution is 2.47. The molecule has 120 valence electrons. The van der Waals surface area contributed by atoms with Gasteiger partial charge in [0.1, 0.15) is 10.5 Å². The Hall–Kier alpha value is -0.433. The molecule has 0 bridgehead atoms. The van der Waals surface area contributed by atoms with Gasteiger partial charge in [0.15, 0.2) is 5.60 Å². The van der Waals surface area contributed by atoms with Crippen LogP contribution in [-0.4, -0.2) is 44.4 Å². The Labute approximate surface area is 125 Å². The van der Waals surface area contributed by atoms with Crippen LogP contribution >= 0.6 is 0 Å². The van der Waals surface area contributed by atoms with Crippen LogP contribution in [0.3, 0.4) is 0 Å². The zero-order valence-corrected chi connectivity index (χ0v) is 16.0. The lowest BCUT2D eigenvalue weighted by molar-refractivity contribution is -0.173. The molecule has 4 N–H and O–H groups in total. The van der Waals surface area contributed by atoms with Crippen LogP contribution in [0, 0.1) is 16.7 Å². The first-order chi connectivity index (χ1) is 8.76. The summed E-state index contributed by atoms with van der Waals surface area (Å²) in [6.07, 6.45) is -1.18. The SMILES string of the molecule is CC(O)C(O[SiH3])(C(=O)O)C(N)C(C)C(C)(C)C(C)(C)C. The summed E-state index contributed by atoms with van der Waals surface area (Å²) in [5, 5.41) is 19.5. The second kappa shape index (κ2) is 6.13. The molecule has 0 aliphatic carbocycles. The number of rotatable bonds is 6. The van der Waals surface area contributed by atoms with Crippen LogP contribution in [0.1, 0.15) is 48.5 Å². The maximum Gasteiger partial charge on any atom is 0.339 e. The highest BCUT2D eigenvalue weighted by Gasteiger charge is 2.54. The lowest BCUT2D eigenvalue weighted by Crippen LogP contribution is -2.66. The summed E-state index contributed by atoms with van der Waals surface area (Å²) in [7, 11) is 0.191. The third-order valence-electron chi connectivity index (χ3n) is 5.40. The Kier molecular flexibility index (Phi) is 6.00. The van der Waals surface area contributed by atoms with E-state index in [1.54, 1.807) is 0 Å². The molecule has 0 rings (SSSR count). The summed E-state index contributed by atoms with van der Waals surface area (Å²) in [5.41, 5.74) is 4.23. The fourth-order valence-corrected chi connectivity index (χ4v) is 3.28. The smallest absolute Gasteiger partial charge is 0.339 e. The Morgan fingerprint density at radius 1 is 1.20 bits per heavy atom. The van der Waals surface area contributed by atoms with Gasteiger partial charge in [-0.05, 0) is 23.7 Å². The molecule has 0 aliphatic heterocycles. The minimum absolute atomic E-state index is 0.0574. The van der Waals surface area contributed by atoms with Gasteiger partial charge in [0.2, 0.25) is 0 Å². The number of nitrogens with two attached hydrogens (primary N) is 1. The summed E-state index contributed by atoms with van der Waals surface area (Å²) < 4.78 is 5.32. The van der Waals surface area contributed by atoms with Crippen LogP contribution in [0.4, 0.5) is 0 Å². The molecule has 0 aliphatic rings. The van der Waals surface area contributed by atoms with Crippen molar-refractivity contribution in [2.45, 2.75) is 66.2 Å². The topological polar surface area (TPSA) is 92.8 Å². The van der Waals surface area contributed by atoms with Gasteiger partial charge in [0, 0.05) is 6.04 Å². The quantitative estimate of drug-likeness (QED) is 0.622. The minimum atomic E-state index is -1.74. The lowest BCUT2D eigenvalue weighted by Gasteiger charge is -2.50. The first-order valence-electron chi connectivity index (χ1n) is 6.99. The van der Waals surface area contributed by atoms with E-state index in [1.807, 2.05) is 6.92 Å². The predicted molar refractivity (Wildman–Crippen MR) is 83.4 cm³/mol. The van der Waals surface area contributed by atoms with Crippen molar-refractivity contribution >= 4 is 16.5 Å². The number of aliphatic hydroxyl groups excluding tert-OH is 1. The van der Waals surface area contributed by atoms with Crippen LogP contribution in [0.5, 0.6) is 0 Å². The molecule has 6 heteroatoms. The van der Waals surface area contributed by atoms with Crippen LogP contribution in [-0.2, 0) is 9.22 Å². The fraction of sp³-hybridized carbons (Fsp3) is 0.929. The van der Waals surface area contributed by atoms with Crippen molar-refractivity contribution in [3.8, 4) is 0 Å². The van der Waals surface area contributed by atoms with E-state index in [4.69, 9.17) is 10.2 Å². The Bertz CT molecular complexity index is 352. The Morgan fingerprint density at radius 3 is 1.80 bits per heavy atom. The molecule has 0 saturated carbocycles. The summed E-state index contributed by atoms with van der Waals surface area (Å²) in [5.74, 6) is -1.35.